The number of benzene rings is 2. The minimum Gasteiger partial charge on any atom is -0.496 e. The zero-order valence-corrected chi connectivity index (χ0v) is 11.9. The molecule has 2 aromatic carbocycles. The van der Waals surface area contributed by atoms with Crippen LogP contribution in [0.3, 0.4) is 0 Å². The molecule has 0 aliphatic rings. The number of nitrogens with two attached hydrogens (primary N) is 1. The first-order valence-corrected chi connectivity index (χ1v) is 6.63. The Balaban J connectivity index is 2.41. The van der Waals surface area contributed by atoms with Crippen molar-refractivity contribution in [2.45, 2.75) is 18.9 Å². The van der Waals surface area contributed by atoms with Crippen LogP contribution in [0.4, 0.5) is 0 Å². The highest BCUT2D eigenvalue weighted by Gasteiger charge is 2.14. The second kappa shape index (κ2) is 6.11. The number of carboxylic acid groups (broad SMARTS) is 1. The maximum Gasteiger partial charge on any atom is 0.303 e. The summed E-state index contributed by atoms with van der Waals surface area (Å²) in [5.41, 5.74) is 6.87. The van der Waals surface area contributed by atoms with Gasteiger partial charge in [-0.2, -0.15) is 0 Å². The lowest BCUT2D eigenvalue weighted by molar-refractivity contribution is -0.137. The molecule has 2 aromatic rings. The first kappa shape index (κ1) is 14.6. The van der Waals surface area contributed by atoms with Crippen LogP contribution in [-0.4, -0.2) is 18.2 Å². The summed E-state index contributed by atoms with van der Waals surface area (Å²) >= 11 is 5.99. The summed E-state index contributed by atoms with van der Waals surface area (Å²) in [4.78, 5) is 10.6. The van der Waals surface area contributed by atoms with Crippen LogP contribution in [0.25, 0.3) is 10.8 Å². The van der Waals surface area contributed by atoms with E-state index in [0.29, 0.717) is 17.2 Å². The molecule has 0 aromatic heterocycles. The molecule has 4 nitrogen and oxygen atoms in total. The Labute approximate surface area is 122 Å². The van der Waals surface area contributed by atoms with Crippen LogP contribution in [0.1, 0.15) is 24.4 Å². The largest absolute Gasteiger partial charge is 0.496 e. The molecule has 5 heteroatoms. The normalized spacial score (nSPS) is 12.3. The SMILES string of the molecule is COc1cc2ccc(Cl)cc2cc1C(N)CCC(=O)O. The second-order valence-corrected chi connectivity index (χ2v) is 5.06. The lowest BCUT2D eigenvalue weighted by Crippen LogP contribution is -2.13. The minimum absolute atomic E-state index is 0.0257. The predicted molar refractivity (Wildman–Crippen MR) is 79.3 cm³/mol. The first-order valence-electron chi connectivity index (χ1n) is 6.26. The van der Waals surface area contributed by atoms with Gasteiger partial charge in [-0.3, -0.25) is 4.79 Å². The molecule has 106 valence electrons. The van der Waals surface area contributed by atoms with Gasteiger partial charge in [-0.1, -0.05) is 17.7 Å². The van der Waals surface area contributed by atoms with Crippen molar-refractivity contribution < 1.29 is 14.6 Å². The average molecular weight is 294 g/mol. The molecule has 0 saturated heterocycles. The Morgan fingerprint density at radius 3 is 2.75 bits per heavy atom. The Morgan fingerprint density at radius 2 is 2.10 bits per heavy atom. The molecular formula is C15H16ClNO3. The fourth-order valence-corrected chi connectivity index (χ4v) is 2.35. The van der Waals surface area contributed by atoms with Gasteiger partial charge in [0.05, 0.1) is 7.11 Å². The summed E-state index contributed by atoms with van der Waals surface area (Å²) in [6.45, 7) is 0. The van der Waals surface area contributed by atoms with Crippen LogP contribution in [-0.2, 0) is 4.79 Å². The van der Waals surface area contributed by atoms with Gasteiger partial charge in [0.2, 0.25) is 0 Å². The number of methoxy groups -OCH3 is 1. The lowest BCUT2D eigenvalue weighted by Gasteiger charge is -2.16. The zero-order chi connectivity index (χ0) is 14.7. The van der Waals surface area contributed by atoms with E-state index in [4.69, 9.17) is 27.2 Å². The quantitative estimate of drug-likeness (QED) is 0.886. The van der Waals surface area contributed by atoms with E-state index in [9.17, 15) is 4.79 Å². The summed E-state index contributed by atoms with van der Waals surface area (Å²) in [6, 6.07) is 8.99. The molecule has 0 fully saturated rings. The van der Waals surface area contributed by atoms with Gasteiger partial charge in [-0.15, -0.1) is 0 Å². The van der Waals surface area contributed by atoms with Crippen LogP contribution in [0.5, 0.6) is 5.75 Å². The monoisotopic (exact) mass is 293 g/mol. The van der Waals surface area contributed by atoms with Crippen molar-refractivity contribution in [1.29, 1.82) is 0 Å². The van der Waals surface area contributed by atoms with Crippen LogP contribution in [0.15, 0.2) is 30.3 Å². The highest BCUT2D eigenvalue weighted by molar-refractivity contribution is 6.31. The number of carbonyl (C=O) groups is 1. The fourth-order valence-electron chi connectivity index (χ4n) is 2.17. The third kappa shape index (κ3) is 3.21. The highest BCUT2D eigenvalue weighted by atomic mass is 35.5. The van der Waals surface area contributed by atoms with Crippen molar-refractivity contribution in [3.05, 3.63) is 40.9 Å². The van der Waals surface area contributed by atoms with Gasteiger partial charge in [0.15, 0.2) is 0 Å². The van der Waals surface area contributed by atoms with Gasteiger partial charge in [0, 0.05) is 23.0 Å². The van der Waals surface area contributed by atoms with Crippen molar-refractivity contribution in [2.75, 3.05) is 7.11 Å². The van der Waals surface area contributed by atoms with Crippen molar-refractivity contribution in [1.82, 2.24) is 0 Å². The maximum atomic E-state index is 10.6. The number of ether oxygens (including phenoxy) is 1. The molecular weight excluding hydrogens is 278 g/mol. The fraction of sp³-hybridized carbons (Fsp3) is 0.267. The van der Waals surface area contributed by atoms with Crippen molar-refractivity contribution >= 4 is 28.3 Å². The summed E-state index contributed by atoms with van der Waals surface area (Å²) in [5.74, 6) is -0.194. The smallest absolute Gasteiger partial charge is 0.303 e. The van der Waals surface area contributed by atoms with Crippen molar-refractivity contribution in [2.24, 2.45) is 5.73 Å². The van der Waals surface area contributed by atoms with Crippen LogP contribution in [0, 0.1) is 0 Å². The van der Waals surface area contributed by atoms with Crippen LogP contribution >= 0.6 is 11.6 Å². The lowest BCUT2D eigenvalue weighted by atomic mass is 9.98. The number of aliphatic carboxylic acids is 1. The van der Waals surface area contributed by atoms with Gasteiger partial charge >= 0.3 is 5.97 Å². The molecule has 1 unspecified atom stereocenters. The third-order valence-electron chi connectivity index (χ3n) is 3.22. The number of halogens is 1. The van der Waals surface area contributed by atoms with E-state index < -0.39 is 5.97 Å². The molecule has 0 amide bonds. The molecule has 0 radical (unpaired) electrons. The molecule has 0 bridgehead atoms. The molecule has 2 rings (SSSR count). The van der Waals surface area contributed by atoms with E-state index in [0.717, 1.165) is 16.3 Å². The minimum atomic E-state index is -0.858. The van der Waals surface area contributed by atoms with E-state index in [1.165, 1.54) is 0 Å². The molecule has 3 N–H and O–H groups in total. The molecule has 0 aliphatic carbocycles. The number of rotatable bonds is 5. The summed E-state index contributed by atoms with van der Waals surface area (Å²) < 4.78 is 5.35. The molecule has 0 spiro atoms. The third-order valence-corrected chi connectivity index (χ3v) is 3.45. The van der Waals surface area contributed by atoms with E-state index in [1.807, 2.05) is 30.3 Å². The van der Waals surface area contributed by atoms with Crippen LogP contribution < -0.4 is 10.5 Å². The Morgan fingerprint density at radius 1 is 1.35 bits per heavy atom. The van der Waals surface area contributed by atoms with Crippen molar-refractivity contribution in [3.8, 4) is 5.75 Å². The number of fused-ring (bicyclic) bond motifs is 1. The number of hydrogen-bond acceptors (Lipinski definition) is 3. The maximum absolute atomic E-state index is 10.6. The molecule has 0 saturated carbocycles. The first-order chi connectivity index (χ1) is 9.51. The van der Waals surface area contributed by atoms with Gasteiger partial charge in [0.25, 0.3) is 0 Å². The zero-order valence-electron chi connectivity index (χ0n) is 11.1. The van der Waals surface area contributed by atoms with Crippen molar-refractivity contribution in [3.63, 3.8) is 0 Å². The standard InChI is InChI=1S/C15H16ClNO3/c1-20-14-8-9-2-3-11(16)6-10(9)7-12(14)13(17)4-5-15(18)19/h2-3,6-8,13H,4-5,17H2,1H3,(H,18,19). The van der Waals surface area contributed by atoms with Gasteiger partial charge in [-0.05, 0) is 41.5 Å². The highest BCUT2D eigenvalue weighted by Crippen LogP contribution is 2.32. The van der Waals surface area contributed by atoms with E-state index >= 15 is 0 Å². The Bertz CT molecular complexity index is 642. The average Bonchev–Trinajstić information content (AvgIpc) is 2.43. The summed E-state index contributed by atoms with van der Waals surface area (Å²) in [5, 5.41) is 11.3. The van der Waals surface area contributed by atoms with Gasteiger partial charge in [0.1, 0.15) is 5.75 Å². The van der Waals surface area contributed by atoms with Gasteiger partial charge < -0.3 is 15.6 Å². The summed E-state index contributed by atoms with van der Waals surface area (Å²) in [7, 11) is 1.57. The molecule has 1 atom stereocenters. The van der Waals surface area contributed by atoms with E-state index in [1.54, 1.807) is 7.11 Å². The van der Waals surface area contributed by atoms with E-state index in [-0.39, 0.29) is 12.5 Å². The van der Waals surface area contributed by atoms with E-state index in [2.05, 4.69) is 0 Å². The second-order valence-electron chi connectivity index (χ2n) is 4.62. The number of hydrogen-bond donors (Lipinski definition) is 2. The van der Waals surface area contributed by atoms with Gasteiger partial charge in [-0.25, -0.2) is 0 Å². The summed E-state index contributed by atoms with van der Waals surface area (Å²) in [6.07, 6.45) is 0.385. The molecule has 0 heterocycles. The molecule has 0 aliphatic heterocycles. The number of carboxylic acids is 1. The topological polar surface area (TPSA) is 72.5 Å². The van der Waals surface area contributed by atoms with Crippen LogP contribution in [0.2, 0.25) is 5.02 Å². The predicted octanol–water partition coefficient (Wildman–Crippen LogP) is 3.37. The Hall–Kier alpha value is -1.78. The Kier molecular flexibility index (Phi) is 4.47. The molecule has 20 heavy (non-hydrogen) atoms.